The summed E-state index contributed by atoms with van der Waals surface area (Å²) in [6, 6.07) is 0. The van der Waals surface area contributed by atoms with E-state index in [-0.39, 0.29) is 12.7 Å². The predicted molar refractivity (Wildman–Crippen MR) is 83.7 cm³/mol. The van der Waals surface area contributed by atoms with Crippen LogP contribution in [0, 0.1) is 0 Å². The van der Waals surface area contributed by atoms with Gasteiger partial charge < -0.3 is 15.3 Å². The average molecular weight is 292 g/mol. The van der Waals surface area contributed by atoms with Crippen molar-refractivity contribution in [2.75, 3.05) is 18.1 Å². The van der Waals surface area contributed by atoms with Gasteiger partial charge in [0.05, 0.1) is 18.8 Å². The van der Waals surface area contributed by atoms with E-state index in [9.17, 15) is 5.11 Å². The number of hydrogen-bond acceptors (Lipinski definition) is 4. The molecule has 116 valence electrons. The van der Waals surface area contributed by atoms with Gasteiger partial charge in [0.15, 0.2) is 0 Å². The van der Waals surface area contributed by atoms with Gasteiger partial charge in [0.2, 0.25) is 0 Å². The third-order valence-corrected chi connectivity index (χ3v) is 4.46. The Morgan fingerprint density at radius 1 is 0.789 bits per heavy atom. The van der Waals surface area contributed by atoms with Gasteiger partial charge in [-0.1, -0.05) is 58.3 Å². The van der Waals surface area contributed by atoms with Crippen LogP contribution >= 0.6 is 11.8 Å². The lowest BCUT2D eigenvalue weighted by molar-refractivity contribution is 0.113. The Morgan fingerprint density at radius 3 is 1.89 bits per heavy atom. The maximum absolute atomic E-state index is 9.74. The molecular formula is C15H32O3S. The van der Waals surface area contributed by atoms with Crippen molar-refractivity contribution >= 4 is 11.8 Å². The van der Waals surface area contributed by atoms with Crippen LogP contribution in [0.1, 0.15) is 64.7 Å². The van der Waals surface area contributed by atoms with E-state index in [1.165, 1.54) is 56.7 Å². The summed E-state index contributed by atoms with van der Waals surface area (Å²) in [6.45, 7) is 2.04. The topological polar surface area (TPSA) is 60.7 Å². The second kappa shape index (κ2) is 14.6. The lowest BCUT2D eigenvalue weighted by Gasteiger charge is -2.11. The first-order chi connectivity index (χ1) is 9.20. The molecule has 0 aliphatic carbocycles. The number of aliphatic hydroxyl groups is 3. The molecule has 0 saturated carbocycles. The Morgan fingerprint density at radius 2 is 1.32 bits per heavy atom. The molecule has 0 aromatic heterocycles. The van der Waals surface area contributed by atoms with Crippen molar-refractivity contribution in [1.82, 2.24) is 0 Å². The fourth-order valence-corrected chi connectivity index (χ4v) is 2.94. The van der Waals surface area contributed by atoms with E-state index in [1.807, 2.05) is 0 Å². The number of aliphatic hydroxyl groups excluding tert-OH is 3. The molecule has 2 unspecified atom stereocenters. The minimum atomic E-state index is -0.652. The average Bonchev–Trinajstić information content (AvgIpc) is 2.41. The highest BCUT2D eigenvalue weighted by Gasteiger charge is 2.07. The highest BCUT2D eigenvalue weighted by atomic mass is 32.2. The third-order valence-electron chi connectivity index (χ3n) is 3.22. The summed E-state index contributed by atoms with van der Waals surface area (Å²) < 4.78 is 0. The van der Waals surface area contributed by atoms with Crippen LogP contribution in [-0.2, 0) is 0 Å². The normalized spacial score (nSPS) is 14.5. The van der Waals surface area contributed by atoms with Crippen molar-refractivity contribution < 1.29 is 15.3 Å². The second-order valence-corrected chi connectivity index (χ2v) is 6.37. The van der Waals surface area contributed by atoms with Crippen molar-refractivity contribution in [2.45, 2.75) is 76.9 Å². The van der Waals surface area contributed by atoms with Crippen LogP contribution in [0.5, 0.6) is 0 Å². The number of unbranched alkanes of at least 4 members (excludes halogenated alkanes) is 7. The minimum absolute atomic E-state index is 0.193. The number of hydrogen-bond donors (Lipinski definition) is 3. The summed E-state index contributed by atoms with van der Waals surface area (Å²) in [7, 11) is 0. The Kier molecular flexibility index (Phi) is 14.8. The molecule has 0 aromatic carbocycles. The van der Waals surface area contributed by atoms with Crippen molar-refractivity contribution in [1.29, 1.82) is 0 Å². The Bertz CT molecular complexity index is 179. The molecule has 0 bridgehead atoms. The first kappa shape index (κ1) is 19.2. The third kappa shape index (κ3) is 14.4. The largest absolute Gasteiger partial charge is 0.394 e. The Balaban J connectivity index is 3.18. The maximum atomic E-state index is 9.74. The van der Waals surface area contributed by atoms with Crippen molar-refractivity contribution in [3.8, 4) is 0 Å². The van der Waals surface area contributed by atoms with Gasteiger partial charge in [-0.25, -0.2) is 0 Å². The molecule has 0 heterocycles. The van der Waals surface area contributed by atoms with Crippen LogP contribution in [0.15, 0.2) is 0 Å². The molecule has 3 N–H and O–H groups in total. The van der Waals surface area contributed by atoms with Crippen LogP contribution in [0.4, 0.5) is 0 Å². The summed E-state index contributed by atoms with van der Waals surface area (Å²) in [5.41, 5.74) is 0. The lowest BCUT2D eigenvalue weighted by Crippen LogP contribution is -2.17. The molecule has 0 saturated heterocycles. The molecule has 0 fully saturated rings. The van der Waals surface area contributed by atoms with Gasteiger partial charge in [-0.2, -0.15) is 11.8 Å². The molecule has 0 spiro atoms. The SMILES string of the molecule is CCCCCCCCCCC(O)CSCC(O)CO. The van der Waals surface area contributed by atoms with E-state index in [1.54, 1.807) is 0 Å². The molecule has 0 aliphatic rings. The highest BCUT2D eigenvalue weighted by Crippen LogP contribution is 2.13. The van der Waals surface area contributed by atoms with E-state index >= 15 is 0 Å². The van der Waals surface area contributed by atoms with E-state index in [0.29, 0.717) is 11.5 Å². The molecule has 0 amide bonds. The molecule has 0 aromatic rings. The smallest absolute Gasteiger partial charge is 0.0861 e. The minimum Gasteiger partial charge on any atom is -0.394 e. The number of rotatable bonds is 14. The Hall–Kier alpha value is 0.230. The van der Waals surface area contributed by atoms with Gasteiger partial charge in [0, 0.05) is 11.5 Å². The van der Waals surface area contributed by atoms with Crippen LogP contribution in [0.3, 0.4) is 0 Å². The molecule has 0 radical (unpaired) electrons. The zero-order valence-electron chi connectivity index (χ0n) is 12.4. The molecule has 19 heavy (non-hydrogen) atoms. The lowest BCUT2D eigenvalue weighted by atomic mass is 10.1. The van der Waals surface area contributed by atoms with E-state index in [2.05, 4.69) is 6.92 Å². The van der Waals surface area contributed by atoms with Crippen molar-refractivity contribution in [3.63, 3.8) is 0 Å². The fraction of sp³-hybridized carbons (Fsp3) is 1.00. The van der Waals surface area contributed by atoms with Crippen LogP contribution in [0.25, 0.3) is 0 Å². The zero-order chi connectivity index (χ0) is 14.3. The summed E-state index contributed by atoms with van der Waals surface area (Å²) in [5.74, 6) is 1.17. The molecule has 3 nitrogen and oxygen atoms in total. The van der Waals surface area contributed by atoms with Crippen molar-refractivity contribution in [3.05, 3.63) is 0 Å². The maximum Gasteiger partial charge on any atom is 0.0861 e. The fourth-order valence-electron chi connectivity index (χ4n) is 1.99. The Labute approximate surface area is 122 Å². The molecule has 0 aliphatic heterocycles. The highest BCUT2D eigenvalue weighted by molar-refractivity contribution is 7.99. The van der Waals surface area contributed by atoms with Gasteiger partial charge in [0.25, 0.3) is 0 Å². The van der Waals surface area contributed by atoms with Gasteiger partial charge in [-0.15, -0.1) is 0 Å². The molecule has 0 rings (SSSR count). The summed E-state index contributed by atoms with van der Waals surface area (Å²) >= 11 is 1.51. The predicted octanol–water partition coefficient (Wildman–Crippen LogP) is 2.96. The molecule has 4 heteroatoms. The first-order valence-electron chi connectivity index (χ1n) is 7.75. The first-order valence-corrected chi connectivity index (χ1v) is 8.90. The standard InChI is InChI=1S/C15H32O3S/c1-2-3-4-5-6-7-8-9-10-14(17)12-19-13-15(18)11-16/h14-18H,2-13H2,1H3. The van der Waals surface area contributed by atoms with Crippen LogP contribution < -0.4 is 0 Å². The van der Waals surface area contributed by atoms with E-state index in [0.717, 1.165) is 12.8 Å². The van der Waals surface area contributed by atoms with E-state index in [4.69, 9.17) is 10.2 Å². The second-order valence-electron chi connectivity index (χ2n) is 5.29. The van der Waals surface area contributed by atoms with Gasteiger partial charge in [0.1, 0.15) is 0 Å². The van der Waals surface area contributed by atoms with Crippen LogP contribution in [0.2, 0.25) is 0 Å². The quantitative estimate of drug-likeness (QED) is 0.431. The summed E-state index contributed by atoms with van der Waals surface area (Å²) in [5, 5.41) is 27.5. The van der Waals surface area contributed by atoms with Crippen LogP contribution in [-0.4, -0.2) is 45.6 Å². The van der Waals surface area contributed by atoms with E-state index < -0.39 is 6.10 Å². The summed E-state index contributed by atoms with van der Waals surface area (Å²) in [6.07, 6.45) is 10.2. The van der Waals surface area contributed by atoms with Gasteiger partial charge in [-0.3, -0.25) is 0 Å². The van der Waals surface area contributed by atoms with Gasteiger partial charge >= 0.3 is 0 Å². The summed E-state index contributed by atoms with van der Waals surface area (Å²) in [4.78, 5) is 0. The number of thioether (sulfide) groups is 1. The van der Waals surface area contributed by atoms with Gasteiger partial charge in [-0.05, 0) is 6.42 Å². The molecule has 2 atom stereocenters. The molecular weight excluding hydrogens is 260 g/mol. The van der Waals surface area contributed by atoms with Crippen molar-refractivity contribution in [2.24, 2.45) is 0 Å². The zero-order valence-corrected chi connectivity index (χ0v) is 13.2. The monoisotopic (exact) mass is 292 g/mol.